The third-order valence-electron chi connectivity index (χ3n) is 4.04. The number of nitrogens with zero attached hydrogens (tertiary/aromatic N) is 1. The van der Waals surface area contributed by atoms with E-state index in [-0.39, 0.29) is 23.7 Å². The van der Waals surface area contributed by atoms with Crippen LogP contribution >= 0.6 is 11.3 Å². The van der Waals surface area contributed by atoms with E-state index >= 15 is 0 Å². The number of hydrogen-bond donors (Lipinski definition) is 0. The zero-order chi connectivity index (χ0) is 18.7. The maximum absolute atomic E-state index is 12.8. The van der Waals surface area contributed by atoms with Crippen molar-refractivity contribution in [1.82, 2.24) is 4.31 Å². The second kappa shape index (κ2) is 7.87. The quantitative estimate of drug-likeness (QED) is 0.728. The fraction of sp³-hybridized carbons (Fsp3) is 0.389. The molecule has 0 radical (unpaired) electrons. The Balaban J connectivity index is 1.69. The first-order chi connectivity index (χ1) is 12.4. The highest BCUT2D eigenvalue weighted by Crippen LogP contribution is 2.22. The molecule has 1 aromatic carbocycles. The van der Waals surface area contributed by atoms with E-state index in [1.165, 1.54) is 39.9 Å². The summed E-state index contributed by atoms with van der Waals surface area (Å²) >= 11 is 1.51. The molecule has 0 aliphatic carbocycles. The number of esters is 1. The Hall–Kier alpha value is -1.74. The molecule has 0 unspecified atom stereocenters. The van der Waals surface area contributed by atoms with Gasteiger partial charge < -0.3 is 9.47 Å². The van der Waals surface area contributed by atoms with Crippen LogP contribution in [-0.2, 0) is 26.1 Å². The van der Waals surface area contributed by atoms with Crippen LogP contribution in [0.1, 0.15) is 29.1 Å². The van der Waals surface area contributed by atoms with Gasteiger partial charge in [0.15, 0.2) is 0 Å². The van der Waals surface area contributed by atoms with Crippen LogP contribution in [0.3, 0.4) is 0 Å². The van der Waals surface area contributed by atoms with E-state index in [0.29, 0.717) is 18.7 Å². The Morgan fingerprint density at radius 3 is 2.42 bits per heavy atom. The van der Waals surface area contributed by atoms with Gasteiger partial charge in [0.1, 0.15) is 6.61 Å². The molecular weight excluding hydrogens is 374 g/mol. The zero-order valence-electron chi connectivity index (χ0n) is 14.6. The SMILES string of the molecule is C[C@@H]1CN(S(=O)(=O)c2ccc(C(=O)OCc3cccs3)cc2)C[C@@H](C)O1. The fourth-order valence-electron chi connectivity index (χ4n) is 2.85. The van der Waals surface area contributed by atoms with E-state index in [0.717, 1.165) is 4.88 Å². The Labute approximate surface area is 157 Å². The summed E-state index contributed by atoms with van der Waals surface area (Å²) in [7, 11) is -3.62. The number of rotatable bonds is 5. The van der Waals surface area contributed by atoms with Crippen LogP contribution in [0.25, 0.3) is 0 Å². The summed E-state index contributed by atoms with van der Waals surface area (Å²) in [6.07, 6.45) is -0.306. The lowest BCUT2D eigenvalue weighted by atomic mass is 10.2. The lowest BCUT2D eigenvalue weighted by Gasteiger charge is -2.34. The average molecular weight is 396 g/mol. The first-order valence-corrected chi connectivity index (χ1v) is 10.6. The monoisotopic (exact) mass is 395 g/mol. The lowest BCUT2D eigenvalue weighted by Crippen LogP contribution is -2.48. The summed E-state index contributed by atoms with van der Waals surface area (Å²) in [5.74, 6) is -0.476. The molecule has 0 bridgehead atoms. The van der Waals surface area contributed by atoms with Gasteiger partial charge in [-0.1, -0.05) is 6.07 Å². The highest BCUT2D eigenvalue weighted by molar-refractivity contribution is 7.89. The van der Waals surface area contributed by atoms with Crippen molar-refractivity contribution < 1.29 is 22.7 Å². The molecule has 26 heavy (non-hydrogen) atoms. The number of hydrogen-bond acceptors (Lipinski definition) is 6. The third-order valence-corrected chi connectivity index (χ3v) is 6.74. The zero-order valence-corrected chi connectivity index (χ0v) is 16.3. The average Bonchev–Trinajstić information content (AvgIpc) is 3.12. The van der Waals surface area contributed by atoms with E-state index in [1.54, 1.807) is 0 Å². The van der Waals surface area contributed by atoms with Gasteiger partial charge in [-0.25, -0.2) is 13.2 Å². The molecule has 2 heterocycles. The summed E-state index contributed by atoms with van der Waals surface area (Å²) in [5, 5.41) is 1.91. The molecule has 1 aliphatic rings. The van der Waals surface area contributed by atoms with Crippen molar-refractivity contribution in [3.05, 3.63) is 52.2 Å². The molecule has 1 aliphatic heterocycles. The Kier molecular flexibility index (Phi) is 5.76. The molecule has 3 rings (SSSR count). The van der Waals surface area contributed by atoms with E-state index in [4.69, 9.17) is 9.47 Å². The largest absolute Gasteiger partial charge is 0.456 e. The number of carbonyl (C=O) groups excluding carboxylic acids is 1. The topological polar surface area (TPSA) is 72.9 Å². The smallest absolute Gasteiger partial charge is 0.338 e. The van der Waals surface area contributed by atoms with Gasteiger partial charge in [-0.2, -0.15) is 4.31 Å². The van der Waals surface area contributed by atoms with Gasteiger partial charge in [-0.05, 0) is 49.6 Å². The Morgan fingerprint density at radius 1 is 1.19 bits per heavy atom. The van der Waals surface area contributed by atoms with E-state index in [1.807, 2.05) is 31.4 Å². The number of morpholine rings is 1. The van der Waals surface area contributed by atoms with E-state index in [9.17, 15) is 13.2 Å². The molecule has 2 atom stereocenters. The van der Waals surface area contributed by atoms with Crippen molar-refractivity contribution in [2.75, 3.05) is 13.1 Å². The maximum atomic E-state index is 12.8. The second-order valence-electron chi connectivity index (χ2n) is 6.26. The minimum atomic E-state index is -3.62. The number of benzene rings is 1. The van der Waals surface area contributed by atoms with Gasteiger partial charge >= 0.3 is 5.97 Å². The van der Waals surface area contributed by atoms with E-state index in [2.05, 4.69) is 0 Å². The van der Waals surface area contributed by atoms with Crippen LogP contribution in [0.15, 0.2) is 46.7 Å². The normalized spacial score (nSPS) is 21.5. The molecule has 2 aromatic rings. The first-order valence-electron chi connectivity index (χ1n) is 8.31. The van der Waals surface area contributed by atoms with Crippen LogP contribution < -0.4 is 0 Å². The second-order valence-corrected chi connectivity index (χ2v) is 9.23. The number of sulfonamides is 1. The molecule has 8 heteroatoms. The van der Waals surface area contributed by atoms with Crippen LogP contribution in [0, 0.1) is 0 Å². The number of ether oxygens (including phenoxy) is 2. The minimum absolute atomic E-state index is 0.153. The summed E-state index contributed by atoms with van der Waals surface area (Å²) < 4.78 is 37.8. The van der Waals surface area contributed by atoms with Crippen LogP contribution in [0.5, 0.6) is 0 Å². The maximum Gasteiger partial charge on any atom is 0.338 e. The van der Waals surface area contributed by atoms with Crippen LogP contribution in [0.2, 0.25) is 0 Å². The number of thiophene rings is 1. The molecule has 140 valence electrons. The molecule has 1 aromatic heterocycles. The highest BCUT2D eigenvalue weighted by Gasteiger charge is 2.32. The fourth-order valence-corrected chi connectivity index (χ4v) is 5.06. The minimum Gasteiger partial charge on any atom is -0.456 e. The van der Waals surface area contributed by atoms with Gasteiger partial charge in [0.2, 0.25) is 10.0 Å². The van der Waals surface area contributed by atoms with E-state index < -0.39 is 16.0 Å². The lowest BCUT2D eigenvalue weighted by molar-refractivity contribution is -0.0440. The standard InChI is InChI=1S/C18H21NO5S2/c1-13-10-19(11-14(2)24-13)26(21,22)17-7-5-15(6-8-17)18(20)23-12-16-4-3-9-25-16/h3-9,13-14H,10-12H2,1-2H3/t13-,14-/m1/s1. The van der Waals surface area contributed by atoms with Gasteiger partial charge in [-0.15, -0.1) is 11.3 Å². The Morgan fingerprint density at radius 2 is 1.85 bits per heavy atom. The molecule has 1 fully saturated rings. The van der Waals surface area contributed by atoms with Crippen molar-refractivity contribution >= 4 is 27.3 Å². The van der Waals surface area contributed by atoms with Crippen molar-refractivity contribution in [1.29, 1.82) is 0 Å². The van der Waals surface area contributed by atoms with Crippen LogP contribution in [-0.4, -0.2) is 44.0 Å². The number of carbonyl (C=O) groups is 1. The summed E-state index contributed by atoms with van der Waals surface area (Å²) in [4.78, 5) is 13.2. The van der Waals surface area contributed by atoms with Crippen molar-refractivity contribution in [2.24, 2.45) is 0 Å². The van der Waals surface area contributed by atoms with Gasteiger partial charge in [0.25, 0.3) is 0 Å². The molecule has 6 nitrogen and oxygen atoms in total. The molecule has 0 N–H and O–H groups in total. The molecule has 0 spiro atoms. The van der Waals surface area contributed by atoms with Gasteiger partial charge in [0.05, 0.1) is 22.7 Å². The Bertz CT molecular complexity index is 836. The third kappa shape index (κ3) is 4.32. The van der Waals surface area contributed by atoms with Crippen LogP contribution in [0.4, 0.5) is 0 Å². The van der Waals surface area contributed by atoms with Crippen molar-refractivity contribution in [3.63, 3.8) is 0 Å². The molecule has 0 amide bonds. The first kappa shape index (κ1) is 19.0. The highest BCUT2D eigenvalue weighted by atomic mass is 32.2. The van der Waals surface area contributed by atoms with Crippen molar-refractivity contribution in [3.8, 4) is 0 Å². The molecular formula is C18H21NO5S2. The summed E-state index contributed by atoms with van der Waals surface area (Å²) in [5.41, 5.74) is 0.323. The summed E-state index contributed by atoms with van der Waals surface area (Å²) in [6, 6.07) is 9.64. The summed E-state index contributed by atoms with van der Waals surface area (Å²) in [6.45, 7) is 4.55. The predicted octanol–water partition coefficient (Wildman–Crippen LogP) is 2.90. The van der Waals surface area contributed by atoms with Gasteiger partial charge in [0, 0.05) is 18.0 Å². The molecule has 1 saturated heterocycles. The van der Waals surface area contributed by atoms with Gasteiger partial charge in [-0.3, -0.25) is 0 Å². The molecule has 0 saturated carbocycles. The van der Waals surface area contributed by atoms with Crippen molar-refractivity contribution in [2.45, 2.75) is 37.6 Å². The predicted molar refractivity (Wildman–Crippen MR) is 98.6 cm³/mol.